The highest BCUT2D eigenvalue weighted by Gasteiger charge is 2.46. The molecule has 1 saturated carbocycles. The van der Waals surface area contributed by atoms with Crippen LogP contribution in [0.4, 0.5) is 0 Å². The summed E-state index contributed by atoms with van der Waals surface area (Å²) < 4.78 is 7.63. The molecular formula is C39H52O7P2S4. The first kappa shape index (κ1) is 43.0. The lowest BCUT2D eigenvalue weighted by Crippen LogP contribution is -2.26. The van der Waals surface area contributed by atoms with Gasteiger partial charge >= 0.3 is 11.9 Å². The van der Waals surface area contributed by atoms with E-state index in [4.69, 9.17) is 33.1 Å². The Kier molecular flexibility index (Phi) is 16.3. The average Bonchev–Trinajstić information content (AvgIpc) is 3.37. The number of allylic oxidation sites excluding steroid dienone is 2. The van der Waals surface area contributed by atoms with E-state index >= 15 is 0 Å². The molecule has 13 heteroatoms. The van der Waals surface area contributed by atoms with Crippen LogP contribution in [-0.2, 0) is 42.7 Å². The number of Topliss-reactive ketones (excluding diaryl/α,β-unsaturated/α-hetero) is 1. The summed E-state index contributed by atoms with van der Waals surface area (Å²) in [6.45, 7) is 7.99. The number of unbranched alkanes of at least 4 members (excludes halogenated alkanes) is 2. The minimum atomic E-state index is -1.93. The molecule has 0 aromatic heterocycles. The predicted molar refractivity (Wildman–Crippen MR) is 225 cm³/mol. The summed E-state index contributed by atoms with van der Waals surface area (Å²) in [6.07, 6.45) is 14.0. The van der Waals surface area contributed by atoms with E-state index in [-0.39, 0.29) is 54.1 Å². The van der Waals surface area contributed by atoms with Crippen LogP contribution in [0.3, 0.4) is 0 Å². The zero-order chi connectivity index (χ0) is 37.9. The summed E-state index contributed by atoms with van der Waals surface area (Å²) in [5, 5.41) is 22.5. The van der Waals surface area contributed by atoms with Gasteiger partial charge in [0.1, 0.15) is 23.4 Å². The molecule has 1 saturated heterocycles. The Morgan fingerprint density at radius 3 is 2.23 bits per heavy atom. The number of aromatic hydroxyl groups is 1. The molecule has 1 unspecified atom stereocenters. The molecule has 4 rings (SSSR count). The normalized spacial score (nSPS) is 26.2. The third kappa shape index (κ3) is 12.4. The molecule has 0 amide bonds. The van der Waals surface area contributed by atoms with Crippen molar-refractivity contribution >= 4 is 82.8 Å². The number of benzene rings is 2. The number of rotatable bonds is 19. The van der Waals surface area contributed by atoms with E-state index < -0.39 is 20.6 Å². The average molecular weight is 823 g/mol. The summed E-state index contributed by atoms with van der Waals surface area (Å²) in [4.78, 5) is 38.4. The van der Waals surface area contributed by atoms with Gasteiger partial charge in [-0.3, -0.25) is 14.4 Å². The molecule has 0 radical (unpaired) electrons. The van der Waals surface area contributed by atoms with E-state index in [1.807, 2.05) is 69.3 Å². The number of phenolic OH excluding ortho intramolecular Hbond substituents is 1. The maximum atomic E-state index is 13.1. The van der Waals surface area contributed by atoms with E-state index in [1.54, 1.807) is 46.3 Å². The van der Waals surface area contributed by atoms with Gasteiger partial charge in [0.2, 0.25) is 0 Å². The third-order valence-electron chi connectivity index (χ3n) is 9.48. The summed E-state index contributed by atoms with van der Waals surface area (Å²) in [5.41, 5.74) is -0.821. The molecule has 2 aliphatic rings. The lowest BCUT2D eigenvalue weighted by atomic mass is 9.88. The van der Waals surface area contributed by atoms with Crippen LogP contribution in [0.1, 0.15) is 98.3 Å². The monoisotopic (exact) mass is 822 g/mol. The molecular weight excluding hydrogens is 771 g/mol. The van der Waals surface area contributed by atoms with Gasteiger partial charge in [0.25, 0.3) is 0 Å². The number of hydrogen-bond donors (Lipinski definition) is 2. The number of carbonyl (C=O) groups is 3. The fourth-order valence-corrected chi connectivity index (χ4v) is 48.4. The van der Waals surface area contributed by atoms with Crippen LogP contribution in [-0.4, -0.2) is 39.6 Å². The van der Waals surface area contributed by atoms with Gasteiger partial charge in [-0.05, 0) is 93.5 Å². The molecule has 5 atom stereocenters. The molecule has 0 bridgehead atoms. The Bertz CT molecular complexity index is 1680. The van der Waals surface area contributed by atoms with E-state index in [2.05, 4.69) is 6.92 Å². The van der Waals surface area contributed by atoms with E-state index in [0.717, 1.165) is 29.9 Å². The summed E-state index contributed by atoms with van der Waals surface area (Å²) >= 11 is 15.4. The molecule has 284 valence electrons. The Morgan fingerprint density at radius 1 is 0.981 bits per heavy atom. The van der Waals surface area contributed by atoms with Crippen LogP contribution in [0.5, 0.6) is 11.5 Å². The summed E-state index contributed by atoms with van der Waals surface area (Å²) in [6, 6.07) is 14.5. The van der Waals surface area contributed by atoms with Gasteiger partial charge < -0.3 is 19.7 Å². The van der Waals surface area contributed by atoms with Crippen molar-refractivity contribution in [3.63, 3.8) is 0 Å². The van der Waals surface area contributed by atoms with Crippen molar-refractivity contribution < 1.29 is 34.1 Å². The van der Waals surface area contributed by atoms with Crippen LogP contribution < -0.4 is 15.3 Å². The van der Waals surface area contributed by atoms with Crippen molar-refractivity contribution in [1.29, 1.82) is 0 Å². The minimum Gasteiger partial charge on any atom is -0.508 e. The number of aliphatic hydroxyl groups is 1. The van der Waals surface area contributed by atoms with Crippen LogP contribution in [0, 0.1) is 17.8 Å². The molecule has 2 fully saturated rings. The molecule has 1 heterocycles. The van der Waals surface area contributed by atoms with Gasteiger partial charge in [-0.25, -0.2) is 0 Å². The van der Waals surface area contributed by atoms with Gasteiger partial charge in [0, 0.05) is 41.7 Å². The van der Waals surface area contributed by atoms with E-state index in [9.17, 15) is 24.6 Å². The molecule has 2 aromatic carbocycles. The van der Waals surface area contributed by atoms with Crippen molar-refractivity contribution in [1.82, 2.24) is 0 Å². The van der Waals surface area contributed by atoms with Crippen molar-refractivity contribution in [3.05, 3.63) is 72.8 Å². The second-order valence-electron chi connectivity index (χ2n) is 14.1. The number of carbonyl (C=O) groups excluding carboxylic acids is 3. The topological polar surface area (TPSA) is 110 Å². The quantitative estimate of drug-likeness (QED) is 0.0465. The largest absolute Gasteiger partial charge is 0.508 e. The van der Waals surface area contributed by atoms with Crippen molar-refractivity contribution in [2.24, 2.45) is 17.8 Å². The van der Waals surface area contributed by atoms with Crippen LogP contribution >= 0.6 is 30.9 Å². The Hall–Kier alpha value is -1.71. The van der Waals surface area contributed by atoms with E-state index in [1.165, 1.54) is 0 Å². The highest BCUT2D eigenvalue weighted by atomic mass is 33.7. The molecule has 2 aromatic rings. The summed E-state index contributed by atoms with van der Waals surface area (Å²) in [5.74, 6) is -0.157. The Labute approximate surface area is 327 Å². The zero-order valence-corrected chi connectivity index (χ0v) is 35.5. The van der Waals surface area contributed by atoms with Gasteiger partial charge in [0.05, 0.1) is 14.5 Å². The van der Waals surface area contributed by atoms with Gasteiger partial charge in [0.15, 0.2) is 0 Å². The minimum absolute atomic E-state index is 0.0778. The SMILES string of the molecule is CCCC[C@](C)(O)C/C=C/[C@H]1[C@H](OC(=O)CC(C)CC)CC(=O)[C@@H]1C/C=C\CCCC(=O)Oc1ccc(P2(=S)SP(=S)(c3ccc(O)cc3)S2)cc1. The first-order chi connectivity index (χ1) is 24.7. The fourth-order valence-electron chi connectivity index (χ4n) is 6.13. The number of ketones is 1. The number of esters is 2. The molecule has 0 spiro atoms. The smallest absolute Gasteiger partial charge is 0.311 e. The van der Waals surface area contributed by atoms with Crippen LogP contribution in [0.15, 0.2) is 72.8 Å². The molecule has 1 aliphatic heterocycles. The molecule has 1 aliphatic carbocycles. The highest BCUT2D eigenvalue weighted by Crippen LogP contribution is 3.04. The van der Waals surface area contributed by atoms with Gasteiger partial charge in [-0.15, -0.1) is 0 Å². The lowest BCUT2D eigenvalue weighted by Gasteiger charge is -2.40. The van der Waals surface area contributed by atoms with E-state index in [0.29, 0.717) is 44.3 Å². The lowest BCUT2D eigenvalue weighted by molar-refractivity contribution is -0.151. The van der Waals surface area contributed by atoms with Crippen molar-refractivity contribution in [3.8, 4) is 11.5 Å². The van der Waals surface area contributed by atoms with Crippen LogP contribution in [0.25, 0.3) is 0 Å². The second-order valence-corrected chi connectivity index (χ2v) is 35.4. The number of phenols is 1. The molecule has 7 nitrogen and oxygen atoms in total. The number of ether oxygens (including phenoxy) is 2. The molecule has 2 N–H and O–H groups in total. The van der Waals surface area contributed by atoms with Crippen molar-refractivity contribution in [2.45, 2.75) is 110 Å². The zero-order valence-electron chi connectivity index (χ0n) is 30.5. The first-order valence-electron chi connectivity index (χ1n) is 18.2. The van der Waals surface area contributed by atoms with Gasteiger partial charge in [-0.2, -0.15) is 0 Å². The van der Waals surface area contributed by atoms with Gasteiger partial charge in [-0.1, -0.05) is 110 Å². The Balaban J connectivity index is 1.24. The maximum absolute atomic E-state index is 13.1. The van der Waals surface area contributed by atoms with Crippen LogP contribution in [0.2, 0.25) is 0 Å². The summed E-state index contributed by atoms with van der Waals surface area (Å²) in [7, 11) is 0. The Morgan fingerprint density at radius 2 is 1.62 bits per heavy atom. The fraction of sp³-hybridized carbons (Fsp3) is 0.513. The second kappa shape index (κ2) is 19.7. The van der Waals surface area contributed by atoms with Crippen molar-refractivity contribution in [2.75, 3.05) is 0 Å². The highest BCUT2D eigenvalue weighted by molar-refractivity contribution is 9.48. The maximum Gasteiger partial charge on any atom is 0.311 e. The third-order valence-corrected chi connectivity index (χ3v) is 40.7. The molecule has 52 heavy (non-hydrogen) atoms. The number of hydrogen-bond acceptors (Lipinski definition) is 11. The first-order valence-corrected chi connectivity index (χ1v) is 27.8. The predicted octanol–water partition coefficient (Wildman–Crippen LogP) is 9.90. The standard InChI is InChI=1S/C39H52O7P2S4/c1-5-7-24-39(4,44)25-12-14-34-33(35(41)27-36(34)46-38(43)26-28(3)6-2)13-10-8-9-11-15-37(42)45-30-18-22-32(23-19-30)48(50)51-47(49,52-48)31-20-16-29(40)17-21-31/h8,10,12,14,16-23,28,33-34,36,40,44H,5-7,9,11,13,15,24-27H2,1-4H3/b10-8-,14-12+/t28?,33-,34-,36-,39+,47?,48?/m1/s1.